The molecule has 0 aliphatic carbocycles. The molecule has 4 heterocycles. The Morgan fingerprint density at radius 3 is 2.86 bits per heavy atom. The second-order valence-electron chi connectivity index (χ2n) is 6.56. The van der Waals surface area contributed by atoms with Crippen LogP contribution in [0.4, 0.5) is 4.39 Å². The van der Waals surface area contributed by atoms with Gasteiger partial charge in [0.1, 0.15) is 5.75 Å². The fourth-order valence-electron chi connectivity index (χ4n) is 3.71. The average molecular weight is 441 g/mol. The Morgan fingerprint density at radius 1 is 1.14 bits per heavy atom. The number of benzene rings is 1. The number of hydrogen-bond donors (Lipinski definition) is 1. The normalized spacial score (nSPS) is 19.9. The van der Waals surface area contributed by atoms with E-state index >= 15 is 0 Å². The number of hydrogen-bond acceptors (Lipinski definition) is 6. The van der Waals surface area contributed by atoms with Crippen LogP contribution in [-0.4, -0.2) is 22.5 Å². The van der Waals surface area contributed by atoms with Gasteiger partial charge in [-0.25, -0.2) is 15.0 Å². The Labute approximate surface area is 168 Å². The molecule has 3 aromatic rings. The fraction of sp³-hybridized carbons (Fsp3) is 0.150. The highest BCUT2D eigenvalue weighted by atomic mass is 79.9. The maximum absolute atomic E-state index is 14.3. The smallest absolute Gasteiger partial charge is 0.283 e. The van der Waals surface area contributed by atoms with Gasteiger partial charge >= 0.3 is 0 Å². The molecule has 0 amide bonds. The molecule has 1 atom stereocenters. The first-order valence-electron chi connectivity index (χ1n) is 8.65. The van der Waals surface area contributed by atoms with E-state index < -0.39 is 11.5 Å². The summed E-state index contributed by atoms with van der Waals surface area (Å²) in [4.78, 5) is 12.3. The van der Waals surface area contributed by atoms with E-state index in [0.717, 1.165) is 15.6 Å². The van der Waals surface area contributed by atoms with E-state index in [-0.39, 0.29) is 6.02 Å². The Hall–Kier alpha value is -3.00. The molecule has 2 aromatic heterocycles. The number of halogens is 2. The SMILES string of the molecule is NC1=NCC[C@@]2(O1)c1cc(-c3cccnc3F)ccc1Oc1ncc(Br)cc12. The van der Waals surface area contributed by atoms with E-state index in [1.165, 1.54) is 6.20 Å². The van der Waals surface area contributed by atoms with Crippen LogP contribution in [-0.2, 0) is 10.3 Å². The summed E-state index contributed by atoms with van der Waals surface area (Å²) in [5.41, 5.74) is 7.60. The molecule has 8 heteroatoms. The molecule has 2 aliphatic rings. The Balaban J connectivity index is 1.75. The molecule has 2 aliphatic heterocycles. The summed E-state index contributed by atoms with van der Waals surface area (Å²) in [7, 11) is 0. The standard InChI is InChI=1S/C20H14BrFN4O2/c21-12-9-15-18(26-10-12)27-16-4-3-11(13-2-1-6-24-17(13)22)8-14(16)20(15)5-7-25-19(23)28-20/h1-4,6,8-10H,5,7H2,(H2,23,25)/t20-/m1/s1. The predicted octanol–water partition coefficient (Wildman–Crippen LogP) is 4.13. The van der Waals surface area contributed by atoms with E-state index in [0.29, 0.717) is 35.7 Å². The van der Waals surface area contributed by atoms with Crippen LogP contribution in [0.5, 0.6) is 11.6 Å². The molecule has 0 saturated heterocycles. The van der Waals surface area contributed by atoms with Crippen molar-refractivity contribution in [2.45, 2.75) is 12.0 Å². The monoisotopic (exact) mass is 440 g/mol. The van der Waals surface area contributed by atoms with Crippen molar-refractivity contribution in [3.63, 3.8) is 0 Å². The van der Waals surface area contributed by atoms with Gasteiger partial charge in [-0.05, 0) is 51.8 Å². The van der Waals surface area contributed by atoms with Crippen LogP contribution < -0.4 is 10.5 Å². The number of rotatable bonds is 1. The van der Waals surface area contributed by atoms with Gasteiger partial charge in [0.25, 0.3) is 6.02 Å². The van der Waals surface area contributed by atoms with Crippen LogP contribution in [0.3, 0.4) is 0 Å². The average Bonchev–Trinajstić information content (AvgIpc) is 2.69. The minimum atomic E-state index is -0.916. The molecule has 0 bridgehead atoms. The minimum Gasteiger partial charge on any atom is -0.449 e. The summed E-state index contributed by atoms with van der Waals surface area (Å²) < 4.78 is 27.2. The summed E-state index contributed by atoms with van der Waals surface area (Å²) in [6.45, 7) is 0.489. The lowest BCUT2D eigenvalue weighted by Gasteiger charge is -2.41. The highest BCUT2D eigenvalue weighted by molar-refractivity contribution is 9.10. The molecular weight excluding hydrogens is 427 g/mol. The highest BCUT2D eigenvalue weighted by Gasteiger charge is 2.47. The van der Waals surface area contributed by atoms with Gasteiger partial charge in [-0.2, -0.15) is 4.39 Å². The number of nitrogens with zero attached hydrogens (tertiary/aromatic N) is 3. The van der Waals surface area contributed by atoms with Gasteiger partial charge in [-0.3, -0.25) is 0 Å². The maximum Gasteiger partial charge on any atom is 0.283 e. The van der Waals surface area contributed by atoms with E-state index in [2.05, 4.69) is 30.9 Å². The Bertz CT molecular complexity index is 1140. The molecule has 28 heavy (non-hydrogen) atoms. The lowest BCUT2D eigenvalue weighted by Crippen LogP contribution is -2.42. The van der Waals surface area contributed by atoms with Crippen LogP contribution in [0.15, 0.2) is 58.3 Å². The molecule has 6 nitrogen and oxygen atoms in total. The number of pyridine rings is 2. The van der Waals surface area contributed by atoms with Crippen molar-refractivity contribution in [2.24, 2.45) is 10.7 Å². The molecule has 0 saturated carbocycles. The number of ether oxygens (including phenoxy) is 2. The van der Waals surface area contributed by atoms with Crippen molar-refractivity contribution in [1.29, 1.82) is 0 Å². The number of nitrogens with two attached hydrogens (primary N) is 1. The molecule has 0 unspecified atom stereocenters. The number of fused-ring (bicyclic) bond motifs is 4. The molecule has 1 spiro atoms. The van der Waals surface area contributed by atoms with Crippen LogP contribution in [0.25, 0.3) is 11.1 Å². The number of amidine groups is 1. The predicted molar refractivity (Wildman–Crippen MR) is 105 cm³/mol. The summed E-state index contributed by atoms with van der Waals surface area (Å²) in [5.74, 6) is 0.499. The van der Waals surface area contributed by atoms with Gasteiger partial charge in [0.15, 0.2) is 5.60 Å². The lowest BCUT2D eigenvalue weighted by molar-refractivity contribution is 0.0626. The Morgan fingerprint density at radius 2 is 2.04 bits per heavy atom. The molecule has 1 aromatic carbocycles. The molecule has 5 rings (SSSR count). The van der Waals surface area contributed by atoms with Crippen molar-refractivity contribution in [1.82, 2.24) is 9.97 Å². The second-order valence-corrected chi connectivity index (χ2v) is 7.48. The molecule has 0 radical (unpaired) electrons. The third-order valence-corrected chi connectivity index (χ3v) is 5.39. The van der Waals surface area contributed by atoms with Gasteiger partial charge in [-0.1, -0.05) is 6.07 Å². The van der Waals surface area contributed by atoms with Gasteiger partial charge in [0, 0.05) is 41.0 Å². The third kappa shape index (κ3) is 2.56. The van der Waals surface area contributed by atoms with E-state index in [1.807, 2.05) is 12.1 Å². The summed E-state index contributed by atoms with van der Waals surface area (Å²) in [5, 5.41) is 0. The van der Waals surface area contributed by atoms with Gasteiger partial charge in [-0.15, -0.1) is 0 Å². The zero-order valence-electron chi connectivity index (χ0n) is 14.5. The summed E-state index contributed by atoms with van der Waals surface area (Å²) in [6.07, 6.45) is 3.63. The van der Waals surface area contributed by atoms with Crippen LogP contribution in [0, 0.1) is 5.95 Å². The largest absolute Gasteiger partial charge is 0.449 e. The van der Waals surface area contributed by atoms with Crippen LogP contribution >= 0.6 is 15.9 Å². The van der Waals surface area contributed by atoms with Gasteiger partial charge in [0.2, 0.25) is 11.8 Å². The van der Waals surface area contributed by atoms with Gasteiger partial charge < -0.3 is 15.2 Å². The molecule has 0 fully saturated rings. The third-order valence-electron chi connectivity index (χ3n) is 4.95. The fourth-order valence-corrected chi connectivity index (χ4v) is 4.05. The topological polar surface area (TPSA) is 82.6 Å². The molecule has 140 valence electrons. The second kappa shape index (κ2) is 6.27. The zero-order chi connectivity index (χ0) is 19.3. The summed E-state index contributed by atoms with van der Waals surface area (Å²) in [6, 6.07) is 10.8. The van der Waals surface area contributed by atoms with E-state index in [9.17, 15) is 4.39 Å². The minimum absolute atomic E-state index is 0.1000. The molecule has 2 N–H and O–H groups in total. The van der Waals surface area contributed by atoms with Crippen molar-refractivity contribution in [3.05, 3.63) is 70.3 Å². The highest BCUT2D eigenvalue weighted by Crippen LogP contribution is 2.52. The lowest BCUT2D eigenvalue weighted by atomic mass is 9.80. The van der Waals surface area contributed by atoms with E-state index in [1.54, 1.807) is 30.5 Å². The number of aliphatic imine (C=N–C) groups is 1. The van der Waals surface area contributed by atoms with Crippen molar-refractivity contribution < 1.29 is 13.9 Å². The zero-order valence-corrected chi connectivity index (χ0v) is 16.1. The maximum atomic E-state index is 14.3. The van der Waals surface area contributed by atoms with Crippen LogP contribution in [0.2, 0.25) is 0 Å². The van der Waals surface area contributed by atoms with Crippen LogP contribution in [0.1, 0.15) is 17.5 Å². The van der Waals surface area contributed by atoms with Crippen molar-refractivity contribution in [3.8, 4) is 22.8 Å². The van der Waals surface area contributed by atoms with Gasteiger partial charge in [0.05, 0.1) is 5.56 Å². The van der Waals surface area contributed by atoms with Crippen molar-refractivity contribution >= 4 is 22.0 Å². The quantitative estimate of drug-likeness (QED) is 0.575. The molecular formula is C20H14BrFN4O2. The van der Waals surface area contributed by atoms with E-state index in [4.69, 9.17) is 15.2 Å². The summed E-state index contributed by atoms with van der Waals surface area (Å²) >= 11 is 3.46. The first-order valence-corrected chi connectivity index (χ1v) is 9.44. The Kier molecular flexibility index (Phi) is 3.83. The first kappa shape index (κ1) is 17.1. The number of aromatic nitrogens is 2. The first-order chi connectivity index (χ1) is 13.6. The van der Waals surface area contributed by atoms with Crippen molar-refractivity contribution in [2.75, 3.05) is 6.54 Å².